The lowest BCUT2D eigenvalue weighted by Gasteiger charge is -2.30. The maximum atomic E-state index is 12.8. The molecule has 4 aromatic rings. The van der Waals surface area contributed by atoms with Crippen molar-refractivity contribution >= 4 is 21.9 Å². The van der Waals surface area contributed by atoms with Crippen LogP contribution in [0.25, 0.3) is 33.1 Å². The van der Waals surface area contributed by atoms with Crippen LogP contribution in [-0.2, 0) is 16.0 Å². The smallest absolute Gasteiger partial charge is 0.344 e. The molecule has 0 amide bonds. The number of rotatable bonds is 9. The van der Waals surface area contributed by atoms with Crippen LogP contribution in [0.5, 0.6) is 5.75 Å². The molecule has 0 saturated heterocycles. The molecule has 9 nitrogen and oxygen atoms in total. The molecule has 2 heterocycles. The molecule has 0 radical (unpaired) electrons. The Bertz CT molecular complexity index is 1430. The third-order valence-electron chi connectivity index (χ3n) is 5.80. The van der Waals surface area contributed by atoms with Crippen LogP contribution in [0, 0.1) is 0 Å². The van der Waals surface area contributed by atoms with Crippen molar-refractivity contribution in [3.05, 3.63) is 74.9 Å². The van der Waals surface area contributed by atoms with Crippen LogP contribution in [-0.4, -0.2) is 55.5 Å². The van der Waals surface area contributed by atoms with Crippen molar-refractivity contribution in [2.75, 3.05) is 40.5 Å². The van der Waals surface area contributed by atoms with E-state index >= 15 is 0 Å². The number of nitrogens with zero attached hydrogens (tertiary/aromatic N) is 1. The van der Waals surface area contributed by atoms with Crippen LogP contribution in [0.15, 0.2) is 67.0 Å². The molecular weight excluding hydrogens is 442 g/mol. The molecule has 9 heteroatoms. The van der Waals surface area contributed by atoms with Gasteiger partial charge in [0, 0.05) is 36.6 Å². The summed E-state index contributed by atoms with van der Waals surface area (Å²) in [6, 6.07) is 13.0. The molecule has 0 aliphatic carbocycles. The largest absolute Gasteiger partial charge is 0.507 e. The molecular formula is C25H26NO8+. The first-order valence-electron chi connectivity index (χ1n) is 10.7. The summed E-state index contributed by atoms with van der Waals surface area (Å²) in [6.07, 6.45) is 0. The van der Waals surface area contributed by atoms with E-state index in [9.17, 15) is 19.9 Å². The molecule has 0 spiro atoms. The lowest BCUT2D eigenvalue weighted by atomic mass is 9.99. The summed E-state index contributed by atoms with van der Waals surface area (Å²) >= 11 is 0. The number of benzene rings is 2. The molecule has 178 valence electrons. The fraction of sp³-hybridized carbons (Fsp3) is 0.280. The highest BCUT2D eigenvalue weighted by Crippen LogP contribution is 2.34. The standard InChI is InChI=1S/C25H25NO8/c1-31-11-9-26(30,10-12-32-2)15-20-21(27)8-7-17-18(14-23(28)34-24(17)20)19-13-16-5-3-4-6-22(16)33-25(19)29/h3-8,13-14,30H,9-12,15H2,1-2H3/p+1. The number of phenols is 1. The average Bonchev–Trinajstić information content (AvgIpc) is 2.82. The van der Waals surface area contributed by atoms with Crippen molar-refractivity contribution in [1.29, 1.82) is 0 Å². The van der Waals surface area contributed by atoms with E-state index in [4.69, 9.17) is 18.3 Å². The van der Waals surface area contributed by atoms with Crippen molar-refractivity contribution in [1.82, 2.24) is 0 Å². The molecule has 0 unspecified atom stereocenters. The highest BCUT2D eigenvalue weighted by Gasteiger charge is 2.30. The summed E-state index contributed by atoms with van der Waals surface area (Å²) in [4.78, 5) is 25.3. The van der Waals surface area contributed by atoms with Gasteiger partial charge in [0.25, 0.3) is 0 Å². The van der Waals surface area contributed by atoms with Crippen molar-refractivity contribution in [3.63, 3.8) is 0 Å². The Balaban J connectivity index is 1.90. The molecule has 0 saturated carbocycles. The lowest BCUT2D eigenvalue weighted by molar-refractivity contribution is -1.11. The topological polar surface area (TPSA) is 119 Å². The fourth-order valence-corrected chi connectivity index (χ4v) is 3.98. The Labute approximate surface area is 194 Å². The van der Waals surface area contributed by atoms with Gasteiger partial charge in [0.15, 0.2) is 5.58 Å². The van der Waals surface area contributed by atoms with E-state index in [0.717, 1.165) is 0 Å². The molecule has 2 N–H and O–H groups in total. The first-order valence-corrected chi connectivity index (χ1v) is 10.7. The van der Waals surface area contributed by atoms with E-state index in [-0.39, 0.29) is 55.3 Å². The summed E-state index contributed by atoms with van der Waals surface area (Å²) in [5.41, 5.74) is -0.0497. The van der Waals surface area contributed by atoms with Crippen LogP contribution in [0.3, 0.4) is 0 Å². The zero-order valence-electron chi connectivity index (χ0n) is 18.9. The lowest BCUT2D eigenvalue weighted by Crippen LogP contribution is -2.48. The van der Waals surface area contributed by atoms with Crippen molar-refractivity contribution < 1.29 is 33.3 Å². The number of quaternary nitrogens is 1. The van der Waals surface area contributed by atoms with Gasteiger partial charge >= 0.3 is 11.3 Å². The number of phenolic OH excluding ortho intramolecular Hbond substituents is 1. The number of aromatic hydroxyl groups is 1. The molecule has 34 heavy (non-hydrogen) atoms. The van der Waals surface area contributed by atoms with Gasteiger partial charge in [-0.25, -0.2) is 14.8 Å². The number of fused-ring (bicyclic) bond motifs is 2. The molecule has 0 bridgehead atoms. The minimum atomic E-state index is -0.702. The van der Waals surface area contributed by atoms with Gasteiger partial charge in [-0.1, -0.05) is 18.2 Å². The van der Waals surface area contributed by atoms with Gasteiger partial charge in [0.2, 0.25) is 0 Å². The minimum absolute atomic E-state index is 0.0748. The third-order valence-corrected chi connectivity index (χ3v) is 5.80. The first kappa shape index (κ1) is 23.7. The Morgan fingerprint density at radius 1 is 0.912 bits per heavy atom. The number of hydroxylamine groups is 3. The fourth-order valence-electron chi connectivity index (χ4n) is 3.98. The Morgan fingerprint density at radius 2 is 1.62 bits per heavy atom. The van der Waals surface area contributed by atoms with Gasteiger partial charge in [-0.15, -0.1) is 0 Å². The first-order chi connectivity index (χ1) is 16.3. The SMILES string of the molecule is COCC[N+](O)(CCOC)Cc1c(O)ccc2c(-c3cc4ccccc4oc3=O)cc(=O)oc12. The molecule has 0 aliphatic heterocycles. The molecule has 4 rings (SSSR count). The minimum Gasteiger partial charge on any atom is -0.507 e. The highest BCUT2D eigenvalue weighted by atomic mass is 16.6. The van der Waals surface area contributed by atoms with E-state index in [2.05, 4.69) is 0 Å². The number of hydrogen-bond acceptors (Lipinski definition) is 8. The third kappa shape index (κ3) is 4.73. The molecule has 0 fully saturated rings. The quantitative estimate of drug-likeness (QED) is 0.218. The second kappa shape index (κ2) is 9.78. The van der Waals surface area contributed by atoms with Gasteiger partial charge in [-0.3, -0.25) is 0 Å². The zero-order valence-corrected chi connectivity index (χ0v) is 18.9. The molecule has 2 aromatic heterocycles. The number of methoxy groups -OCH3 is 2. The predicted octanol–water partition coefficient (Wildman–Crippen LogP) is 3.27. The van der Waals surface area contributed by atoms with Crippen LogP contribution < -0.4 is 11.3 Å². The second-order valence-electron chi connectivity index (χ2n) is 8.09. The maximum absolute atomic E-state index is 12.8. The number of ether oxygens (including phenoxy) is 2. The van der Waals surface area contributed by atoms with Crippen molar-refractivity contribution in [2.45, 2.75) is 6.54 Å². The van der Waals surface area contributed by atoms with Crippen LogP contribution >= 0.6 is 0 Å². The van der Waals surface area contributed by atoms with E-state index in [0.29, 0.717) is 21.9 Å². The molecule has 2 aromatic carbocycles. The number of hydrogen-bond donors (Lipinski definition) is 2. The Hall–Kier alpha value is -3.50. The monoisotopic (exact) mass is 468 g/mol. The van der Waals surface area contributed by atoms with Crippen LogP contribution in [0.1, 0.15) is 5.56 Å². The van der Waals surface area contributed by atoms with Gasteiger partial charge in [0.05, 0.1) is 24.3 Å². The van der Waals surface area contributed by atoms with Gasteiger partial charge < -0.3 is 23.4 Å². The Kier molecular flexibility index (Phi) is 6.80. The summed E-state index contributed by atoms with van der Waals surface area (Å²) in [6.45, 7) is 0.883. The Morgan fingerprint density at radius 3 is 2.32 bits per heavy atom. The molecule has 0 aliphatic rings. The van der Waals surface area contributed by atoms with E-state index in [1.807, 2.05) is 6.07 Å². The van der Waals surface area contributed by atoms with Gasteiger partial charge in [0.1, 0.15) is 31.0 Å². The summed E-state index contributed by atoms with van der Waals surface area (Å²) in [5.74, 6) is -0.148. The second-order valence-corrected chi connectivity index (χ2v) is 8.09. The van der Waals surface area contributed by atoms with Gasteiger partial charge in [-0.05, 0) is 24.3 Å². The normalized spacial score (nSPS) is 12.0. The van der Waals surface area contributed by atoms with E-state index < -0.39 is 15.9 Å². The van der Waals surface area contributed by atoms with Crippen molar-refractivity contribution in [3.8, 4) is 16.9 Å². The summed E-state index contributed by atoms with van der Waals surface area (Å²) < 4.78 is 20.7. The van der Waals surface area contributed by atoms with Crippen LogP contribution in [0.2, 0.25) is 0 Å². The van der Waals surface area contributed by atoms with Crippen molar-refractivity contribution in [2.24, 2.45) is 0 Å². The molecule has 0 atom stereocenters. The predicted molar refractivity (Wildman–Crippen MR) is 125 cm³/mol. The van der Waals surface area contributed by atoms with Crippen LogP contribution in [0.4, 0.5) is 0 Å². The highest BCUT2D eigenvalue weighted by molar-refractivity contribution is 5.96. The maximum Gasteiger partial charge on any atom is 0.344 e. The average molecular weight is 468 g/mol. The summed E-state index contributed by atoms with van der Waals surface area (Å²) in [7, 11) is 3.05. The zero-order chi connectivity index (χ0) is 24.3. The van der Waals surface area contributed by atoms with Gasteiger partial charge in [-0.2, -0.15) is 4.65 Å². The van der Waals surface area contributed by atoms with E-state index in [1.165, 1.54) is 26.4 Å². The summed E-state index contributed by atoms with van der Waals surface area (Å²) in [5, 5.41) is 23.0. The number of para-hydroxylation sites is 1. The van der Waals surface area contributed by atoms with E-state index in [1.54, 1.807) is 30.3 Å².